The van der Waals surface area contributed by atoms with Crippen LogP contribution in [0.25, 0.3) is 11.1 Å². The van der Waals surface area contributed by atoms with Gasteiger partial charge in [0.05, 0.1) is 3.57 Å². The van der Waals surface area contributed by atoms with E-state index in [9.17, 15) is 8.78 Å². The van der Waals surface area contributed by atoms with Crippen LogP contribution in [0.2, 0.25) is 0 Å². The highest BCUT2D eigenvalue weighted by Crippen LogP contribution is 2.43. The van der Waals surface area contributed by atoms with Gasteiger partial charge in [-0.3, -0.25) is 0 Å². The average Bonchev–Trinajstić information content (AvgIpc) is 2.72. The summed E-state index contributed by atoms with van der Waals surface area (Å²) >= 11 is 1.85. The van der Waals surface area contributed by atoms with E-state index in [2.05, 4.69) is 24.3 Å². The standard InChI is InChI=1S/C24H27F2I/c25-22-14-21(15-23(27)24(22)26)20-12-10-19(11-13-20)18-8-6-17(7-9-18)16-4-2-1-3-5-16/h10-18H,1-9H2. The Labute approximate surface area is 174 Å². The Morgan fingerprint density at radius 1 is 0.704 bits per heavy atom. The molecule has 3 heteroatoms. The van der Waals surface area contributed by atoms with Crippen molar-refractivity contribution in [3.8, 4) is 11.1 Å². The monoisotopic (exact) mass is 480 g/mol. The van der Waals surface area contributed by atoms with Gasteiger partial charge in [0.15, 0.2) is 11.6 Å². The molecule has 144 valence electrons. The summed E-state index contributed by atoms with van der Waals surface area (Å²) in [6.45, 7) is 0. The summed E-state index contributed by atoms with van der Waals surface area (Å²) in [5.74, 6) is 1.06. The Morgan fingerprint density at radius 3 is 1.96 bits per heavy atom. The number of hydrogen-bond acceptors (Lipinski definition) is 0. The molecule has 0 amide bonds. The molecule has 0 aromatic heterocycles. The highest BCUT2D eigenvalue weighted by molar-refractivity contribution is 14.1. The van der Waals surface area contributed by atoms with Crippen LogP contribution in [-0.2, 0) is 0 Å². The molecule has 2 aromatic carbocycles. The summed E-state index contributed by atoms with van der Waals surface area (Å²) in [7, 11) is 0. The van der Waals surface area contributed by atoms with Crippen molar-refractivity contribution in [2.45, 2.75) is 63.7 Å². The summed E-state index contributed by atoms with van der Waals surface area (Å²) in [5, 5.41) is 0. The van der Waals surface area contributed by atoms with Crippen LogP contribution in [0.15, 0.2) is 36.4 Å². The molecule has 0 nitrogen and oxygen atoms in total. The van der Waals surface area contributed by atoms with Crippen molar-refractivity contribution in [2.24, 2.45) is 11.8 Å². The Kier molecular flexibility index (Phi) is 6.15. The fraction of sp³-hybridized carbons (Fsp3) is 0.500. The maximum Gasteiger partial charge on any atom is 0.172 e. The molecule has 2 aliphatic rings. The lowest BCUT2D eigenvalue weighted by molar-refractivity contribution is 0.186. The first-order valence-electron chi connectivity index (χ1n) is 10.4. The van der Waals surface area contributed by atoms with Crippen molar-refractivity contribution in [1.82, 2.24) is 0 Å². The first-order chi connectivity index (χ1) is 13.1. The normalized spacial score (nSPS) is 24.1. The predicted octanol–water partition coefficient (Wildman–Crippen LogP) is 8.09. The van der Waals surface area contributed by atoms with Crippen molar-refractivity contribution in [3.63, 3.8) is 0 Å². The predicted molar refractivity (Wildman–Crippen MR) is 116 cm³/mol. The quantitative estimate of drug-likeness (QED) is 0.308. The summed E-state index contributed by atoms with van der Waals surface area (Å²) < 4.78 is 27.5. The van der Waals surface area contributed by atoms with Crippen LogP contribution in [0, 0.1) is 27.0 Å². The van der Waals surface area contributed by atoms with Crippen molar-refractivity contribution < 1.29 is 8.78 Å². The van der Waals surface area contributed by atoms with Crippen molar-refractivity contribution >= 4 is 22.6 Å². The molecule has 0 unspecified atom stereocenters. The van der Waals surface area contributed by atoms with E-state index in [0.717, 1.165) is 23.0 Å². The SMILES string of the molecule is Fc1cc(-c2ccc(C3CCC(C4CCCCC4)CC3)cc2)cc(I)c1F. The molecule has 0 atom stereocenters. The minimum absolute atomic E-state index is 0.327. The summed E-state index contributed by atoms with van der Waals surface area (Å²) in [5.41, 5.74) is 3.09. The van der Waals surface area contributed by atoms with Crippen LogP contribution in [-0.4, -0.2) is 0 Å². The van der Waals surface area contributed by atoms with E-state index in [-0.39, 0.29) is 0 Å². The second kappa shape index (κ2) is 8.59. The maximum absolute atomic E-state index is 13.7. The Balaban J connectivity index is 1.41. The van der Waals surface area contributed by atoms with E-state index in [0.29, 0.717) is 9.49 Å². The van der Waals surface area contributed by atoms with Gasteiger partial charge in [-0.05, 0) is 94.9 Å². The summed E-state index contributed by atoms with van der Waals surface area (Å²) in [4.78, 5) is 0. The van der Waals surface area contributed by atoms with Gasteiger partial charge in [0.1, 0.15) is 0 Å². The zero-order valence-electron chi connectivity index (χ0n) is 15.7. The van der Waals surface area contributed by atoms with Crippen LogP contribution in [0.1, 0.15) is 69.3 Å². The molecule has 4 rings (SSSR count). The van der Waals surface area contributed by atoms with E-state index >= 15 is 0 Å². The van der Waals surface area contributed by atoms with Crippen molar-refractivity contribution in [3.05, 3.63) is 57.2 Å². The number of benzene rings is 2. The van der Waals surface area contributed by atoms with E-state index < -0.39 is 11.6 Å². The lowest BCUT2D eigenvalue weighted by Gasteiger charge is -2.36. The number of rotatable bonds is 3. The third kappa shape index (κ3) is 4.38. The number of halogens is 3. The smallest absolute Gasteiger partial charge is 0.172 e. The molecule has 2 aromatic rings. The largest absolute Gasteiger partial charge is 0.204 e. The second-order valence-electron chi connectivity index (χ2n) is 8.39. The molecule has 2 saturated carbocycles. The molecule has 2 fully saturated rings. The molecule has 0 saturated heterocycles. The molecule has 2 aliphatic carbocycles. The zero-order chi connectivity index (χ0) is 18.8. The highest BCUT2D eigenvalue weighted by Gasteiger charge is 2.29. The third-order valence-electron chi connectivity index (χ3n) is 6.79. The fourth-order valence-corrected chi connectivity index (χ4v) is 5.79. The molecular weight excluding hydrogens is 453 g/mol. The Morgan fingerprint density at radius 2 is 1.33 bits per heavy atom. The maximum atomic E-state index is 13.7. The van der Waals surface area contributed by atoms with Crippen LogP contribution in [0.4, 0.5) is 8.78 Å². The first-order valence-corrected chi connectivity index (χ1v) is 11.4. The first kappa shape index (κ1) is 19.4. The molecule has 0 spiro atoms. The minimum atomic E-state index is -0.776. The fourth-order valence-electron chi connectivity index (χ4n) is 5.20. The van der Waals surface area contributed by atoms with Gasteiger partial charge in [0.2, 0.25) is 0 Å². The van der Waals surface area contributed by atoms with Gasteiger partial charge in [-0.2, -0.15) is 0 Å². The molecule has 0 bridgehead atoms. The van der Waals surface area contributed by atoms with Gasteiger partial charge in [-0.15, -0.1) is 0 Å². The van der Waals surface area contributed by atoms with Crippen molar-refractivity contribution in [2.75, 3.05) is 0 Å². The van der Waals surface area contributed by atoms with Gasteiger partial charge >= 0.3 is 0 Å². The minimum Gasteiger partial charge on any atom is -0.204 e. The molecule has 27 heavy (non-hydrogen) atoms. The van der Waals surface area contributed by atoms with Crippen LogP contribution < -0.4 is 0 Å². The lowest BCUT2D eigenvalue weighted by atomic mass is 9.70. The molecule has 0 heterocycles. The van der Waals surface area contributed by atoms with Gasteiger partial charge in [0.25, 0.3) is 0 Å². The van der Waals surface area contributed by atoms with Gasteiger partial charge in [-0.1, -0.05) is 56.4 Å². The van der Waals surface area contributed by atoms with Crippen LogP contribution in [0.3, 0.4) is 0 Å². The van der Waals surface area contributed by atoms with Gasteiger partial charge in [-0.25, -0.2) is 8.78 Å². The lowest BCUT2D eigenvalue weighted by Crippen LogP contribution is -2.23. The van der Waals surface area contributed by atoms with Crippen LogP contribution in [0.5, 0.6) is 0 Å². The molecule has 0 radical (unpaired) electrons. The van der Waals surface area contributed by atoms with E-state index in [1.807, 2.05) is 22.6 Å². The average molecular weight is 480 g/mol. The zero-order valence-corrected chi connectivity index (χ0v) is 17.9. The van der Waals surface area contributed by atoms with Crippen molar-refractivity contribution in [1.29, 1.82) is 0 Å². The molecule has 0 N–H and O–H groups in total. The number of hydrogen-bond donors (Lipinski definition) is 0. The Hall–Kier alpha value is -0.970. The van der Waals surface area contributed by atoms with Gasteiger partial charge in [0, 0.05) is 0 Å². The third-order valence-corrected chi connectivity index (χ3v) is 7.57. The highest BCUT2D eigenvalue weighted by atomic mass is 127. The van der Waals surface area contributed by atoms with E-state index in [4.69, 9.17) is 0 Å². The van der Waals surface area contributed by atoms with Crippen LogP contribution >= 0.6 is 22.6 Å². The van der Waals surface area contributed by atoms with E-state index in [1.165, 1.54) is 69.4 Å². The summed E-state index contributed by atoms with van der Waals surface area (Å²) in [6, 6.07) is 11.5. The van der Waals surface area contributed by atoms with Gasteiger partial charge < -0.3 is 0 Å². The summed E-state index contributed by atoms with van der Waals surface area (Å²) in [6.07, 6.45) is 12.6. The van der Waals surface area contributed by atoms with E-state index in [1.54, 1.807) is 6.07 Å². The molecule has 0 aliphatic heterocycles. The second-order valence-corrected chi connectivity index (χ2v) is 9.55. The molecular formula is C24H27F2I. The topological polar surface area (TPSA) is 0 Å². The Bertz CT molecular complexity index is 746.